The Morgan fingerprint density at radius 3 is 2.70 bits per heavy atom. The van der Waals surface area contributed by atoms with Crippen LogP contribution in [0.5, 0.6) is 0 Å². The first-order valence-corrected chi connectivity index (χ1v) is 9.83. The summed E-state index contributed by atoms with van der Waals surface area (Å²) >= 11 is 0. The van der Waals surface area contributed by atoms with Gasteiger partial charge in [0.25, 0.3) is 0 Å². The van der Waals surface area contributed by atoms with E-state index in [1.807, 2.05) is 18.9 Å². The highest BCUT2D eigenvalue weighted by Gasteiger charge is 2.27. The molecule has 0 saturated carbocycles. The summed E-state index contributed by atoms with van der Waals surface area (Å²) in [6.07, 6.45) is 6.54. The van der Waals surface area contributed by atoms with E-state index in [1.54, 1.807) is 18.2 Å². The summed E-state index contributed by atoms with van der Waals surface area (Å²) in [5.41, 5.74) is 1.65. The summed E-state index contributed by atoms with van der Waals surface area (Å²) in [6, 6.07) is 4.71. The summed E-state index contributed by atoms with van der Waals surface area (Å²) in [6.45, 7) is 12.7. The number of hydrogen-bond acceptors (Lipinski definition) is 3. The van der Waals surface area contributed by atoms with Gasteiger partial charge in [0.05, 0.1) is 11.3 Å². The fourth-order valence-electron chi connectivity index (χ4n) is 2.95. The van der Waals surface area contributed by atoms with E-state index in [-0.39, 0.29) is 11.3 Å². The molecule has 0 N–H and O–H groups in total. The number of ether oxygens (including phenoxy) is 1. The molecule has 0 aliphatic rings. The van der Waals surface area contributed by atoms with Gasteiger partial charge in [-0.2, -0.15) is 0 Å². The predicted octanol–water partition coefficient (Wildman–Crippen LogP) is 5.95. The molecular formula is C23H34FNO2. The van der Waals surface area contributed by atoms with Crippen molar-refractivity contribution in [1.29, 1.82) is 0 Å². The third-order valence-corrected chi connectivity index (χ3v) is 4.49. The van der Waals surface area contributed by atoms with Crippen LogP contribution in [0.2, 0.25) is 0 Å². The van der Waals surface area contributed by atoms with Gasteiger partial charge in [-0.1, -0.05) is 43.9 Å². The molecule has 0 radical (unpaired) electrons. The second kappa shape index (κ2) is 12.4. The van der Waals surface area contributed by atoms with Crippen molar-refractivity contribution in [2.45, 2.75) is 58.5 Å². The predicted molar refractivity (Wildman–Crippen MR) is 112 cm³/mol. The zero-order valence-corrected chi connectivity index (χ0v) is 17.1. The average Bonchev–Trinajstić information content (AvgIpc) is 2.63. The minimum Gasteiger partial charge on any atom is -0.370 e. The third kappa shape index (κ3) is 7.67. The van der Waals surface area contributed by atoms with Crippen LogP contribution in [-0.2, 0) is 4.74 Å². The number of nitrogens with zero attached hydrogens (tertiary/aromatic N) is 1. The maximum atomic E-state index is 14.6. The number of carbonyl (C=O) groups is 1. The molecule has 4 heteroatoms. The van der Waals surface area contributed by atoms with Gasteiger partial charge < -0.3 is 9.64 Å². The van der Waals surface area contributed by atoms with Crippen LogP contribution >= 0.6 is 0 Å². The molecule has 1 unspecified atom stereocenters. The van der Waals surface area contributed by atoms with E-state index < -0.39 is 11.9 Å². The number of anilines is 1. The number of allylic oxidation sites excluding steroid dienone is 1. The fraction of sp³-hybridized carbons (Fsp3) is 0.522. The summed E-state index contributed by atoms with van der Waals surface area (Å²) in [5.74, 6) is -0.806. The maximum absolute atomic E-state index is 14.6. The lowest BCUT2D eigenvalue weighted by Crippen LogP contribution is -2.29. The molecule has 0 aliphatic carbocycles. The Balaban J connectivity index is 3.01. The van der Waals surface area contributed by atoms with Crippen molar-refractivity contribution in [1.82, 2.24) is 0 Å². The van der Waals surface area contributed by atoms with Crippen molar-refractivity contribution in [3.63, 3.8) is 0 Å². The van der Waals surface area contributed by atoms with E-state index >= 15 is 0 Å². The van der Waals surface area contributed by atoms with Crippen LogP contribution in [0.15, 0.2) is 43.0 Å². The first-order valence-electron chi connectivity index (χ1n) is 9.83. The van der Waals surface area contributed by atoms with Crippen LogP contribution in [0.25, 0.3) is 0 Å². The molecule has 1 aromatic rings. The molecule has 0 bridgehead atoms. The van der Waals surface area contributed by atoms with E-state index in [0.717, 1.165) is 31.3 Å². The number of benzene rings is 1. The molecule has 1 atom stereocenters. The Kier molecular flexibility index (Phi) is 10.6. The molecule has 1 aromatic carbocycles. The van der Waals surface area contributed by atoms with Gasteiger partial charge in [0.2, 0.25) is 0 Å². The lowest BCUT2D eigenvalue weighted by Gasteiger charge is -2.24. The SMILES string of the molecule is C=CCN(C)c1cccc(F)c1C(=O)C(CCC(=C)C)OCCCCCC. The molecule has 0 aromatic heterocycles. The number of hydrogen-bond donors (Lipinski definition) is 0. The van der Waals surface area contributed by atoms with Crippen molar-refractivity contribution < 1.29 is 13.9 Å². The van der Waals surface area contributed by atoms with Crippen LogP contribution in [0.4, 0.5) is 10.1 Å². The summed E-state index contributed by atoms with van der Waals surface area (Å²) < 4.78 is 20.5. The Morgan fingerprint density at radius 2 is 2.07 bits per heavy atom. The monoisotopic (exact) mass is 375 g/mol. The molecule has 0 fully saturated rings. The fourth-order valence-corrected chi connectivity index (χ4v) is 2.95. The highest BCUT2D eigenvalue weighted by Crippen LogP contribution is 2.26. The first kappa shape index (κ1) is 23.1. The van der Waals surface area contributed by atoms with Gasteiger partial charge in [-0.3, -0.25) is 4.79 Å². The topological polar surface area (TPSA) is 29.5 Å². The Labute approximate surface area is 163 Å². The number of carbonyl (C=O) groups excluding carboxylic acids is 1. The number of unbranched alkanes of at least 4 members (excludes halogenated alkanes) is 3. The van der Waals surface area contributed by atoms with Gasteiger partial charge in [0.15, 0.2) is 5.78 Å². The molecule has 27 heavy (non-hydrogen) atoms. The van der Waals surface area contributed by atoms with Crippen LogP contribution in [0.3, 0.4) is 0 Å². The molecule has 150 valence electrons. The second-order valence-corrected chi connectivity index (χ2v) is 7.08. The molecular weight excluding hydrogens is 341 g/mol. The number of halogens is 1. The standard InChI is InChI=1S/C23H34FNO2/c1-6-8-9-10-17-27-21(15-14-18(3)4)23(26)22-19(24)12-11-13-20(22)25(5)16-7-2/h7,11-13,21H,2-3,6,8-10,14-17H2,1,4-5H3. The lowest BCUT2D eigenvalue weighted by molar-refractivity contribution is 0.0363. The van der Waals surface area contributed by atoms with Crippen molar-refractivity contribution in [3.8, 4) is 0 Å². The second-order valence-electron chi connectivity index (χ2n) is 7.08. The van der Waals surface area contributed by atoms with Gasteiger partial charge >= 0.3 is 0 Å². The molecule has 0 amide bonds. The van der Waals surface area contributed by atoms with Crippen molar-refractivity contribution in [3.05, 3.63) is 54.4 Å². The minimum absolute atomic E-state index is 0.0992. The molecule has 3 nitrogen and oxygen atoms in total. The van der Waals surface area contributed by atoms with Gasteiger partial charge in [-0.15, -0.1) is 13.2 Å². The minimum atomic E-state index is -0.656. The van der Waals surface area contributed by atoms with Crippen molar-refractivity contribution >= 4 is 11.5 Å². The molecule has 0 spiro atoms. The van der Waals surface area contributed by atoms with E-state index in [0.29, 0.717) is 31.7 Å². The average molecular weight is 376 g/mol. The van der Waals surface area contributed by atoms with Crippen LogP contribution in [-0.4, -0.2) is 32.1 Å². The zero-order valence-electron chi connectivity index (χ0n) is 17.1. The number of likely N-dealkylation sites (N-methyl/N-ethyl adjacent to an activating group) is 1. The van der Waals surface area contributed by atoms with Gasteiger partial charge in [0, 0.05) is 20.2 Å². The summed E-state index contributed by atoms with van der Waals surface area (Å²) in [4.78, 5) is 15.0. The van der Waals surface area contributed by atoms with Crippen LogP contribution in [0, 0.1) is 5.82 Å². The third-order valence-electron chi connectivity index (χ3n) is 4.49. The maximum Gasteiger partial charge on any atom is 0.196 e. The Morgan fingerprint density at radius 1 is 1.33 bits per heavy atom. The van der Waals surface area contributed by atoms with Crippen LogP contribution < -0.4 is 4.90 Å². The normalized spacial score (nSPS) is 11.9. The Hall–Kier alpha value is -1.94. The largest absolute Gasteiger partial charge is 0.370 e. The number of Topliss-reactive ketones (excluding diaryl/α,β-unsaturated/α-hetero) is 1. The van der Waals surface area contributed by atoms with Crippen LogP contribution in [0.1, 0.15) is 62.7 Å². The van der Waals surface area contributed by atoms with E-state index in [1.165, 1.54) is 6.07 Å². The molecule has 0 heterocycles. The Bertz CT molecular complexity index is 627. The van der Waals surface area contributed by atoms with Crippen molar-refractivity contribution in [2.24, 2.45) is 0 Å². The van der Waals surface area contributed by atoms with Crippen molar-refractivity contribution in [2.75, 3.05) is 25.1 Å². The molecule has 0 saturated heterocycles. The summed E-state index contributed by atoms with van der Waals surface area (Å²) in [7, 11) is 1.82. The smallest absolute Gasteiger partial charge is 0.196 e. The quantitative estimate of drug-likeness (QED) is 0.228. The molecule has 1 rings (SSSR count). The first-order chi connectivity index (χ1) is 12.9. The van der Waals surface area contributed by atoms with Gasteiger partial charge in [0.1, 0.15) is 11.9 Å². The van der Waals surface area contributed by atoms with E-state index in [9.17, 15) is 9.18 Å². The van der Waals surface area contributed by atoms with E-state index in [2.05, 4.69) is 20.1 Å². The zero-order chi connectivity index (χ0) is 20.2. The lowest BCUT2D eigenvalue weighted by atomic mass is 9.98. The van der Waals surface area contributed by atoms with Gasteiger partial charge in [-0.25, -0.2) is 4.39 Å². The highest BCUT2D eigenvalue weighted by molar-refractivity contribution is 6.04. The van der Waals surface area contributed by atoms with E-state index in [4.69, 9.17) is 4.74 Å². The highest BCUT2D eigenvalue weighted by atomic mass is 19.1. The number of ketones is 1. The number of rotatable bonds is 14. The van der Waals surface area contributed by atoms with Gasteiger partial charge in [-0.05, 0) is 38.3 Å². The molecule has 0 aliphatic heterocycles. The summed E-state index contributed by atoms with van der Waals surface area (Å²) in [5, 5.41) is 0.